The molecule has 0 saturated carbocycles. The highest BCUT2D eigenvalue weighted by Crippen LogP contribution is 2.35. The number of phenols is 1. The summed E-state index contributed by atoms with van der Waals surface area (Å²) in [5, 5.41) is 10.6. The number of pyridine rings is 1. The fraction of sp³-hybridized carbons (Fsp3) is 0.0714. The molecule has 5 heteroatoms. The van der Waals surface area contributed by atoms with Crippen LogP contribution in [0.25, 0.3) is 21.8 Å². The number of ether oxygens (including phenoxy) is 2. The molecule has 0 aliphatic carbocycles. The van der Waals surface area contributed by atoms with Crippen molar-refractivity contribution in [3.05, 3.63) is 40.6 Å². The summed E-state index contributed by atoms with van der Waals surface area (Å²) in [4.78, 5) is 15.6. The van der Waals surface area contributed by atoms with E-state index in [1.165, 1.54) is 6.07 Å². The monoisotopic (exact) mass is 255 g/mol. The zero-order valence-corrected chi connectivity index (χ0v) is 9.77. The molecule has 1 aliphatic heterocycles. The highest BCUT2D eigenvalue weighted by molar-refractivity contribution is 5.96. The molecule has 2 N–H and O–H groups in total. The molecule has 2 aromatic carbocycles. The number of hydrogen-bond acceptors (Lipinski definition) is 4. The highest BCUT2D eigenvalue weighted by atomic mass is 16.7. The van der Waals surface area contributed by atoms with Crippen LogP contribution in [0.5, 0.6) is 17.2 Å². The summed E-state index contributed by atoms with van der Waals surface area (Å²) < 4.78 is 10.6. The van der Waals surface area contributed by atoms with E-state index < -0.39 is 0 Å². The Morgan fingerprint density at radius 1 is 1.11 bits per heavy atom. The van der Waals surface area contributed by atoms with Crippen molar-refractivity contribution in [1.82, 2.24) is 4.98 Å². The first kappa shape index (κ1) is 10.3. The summed E-state index contributed by atoms with van der Waals surface area (Å²) in [6.45, 7) is 0.157. The van der Waals surface area contributed by atoms with Crippen molar-refractivity contribution in [3.8, 4) is 17.2 Å². The summed E-state index contributed by atoms with van der Waals surface area (Å²) >= 11 is 0. The third-order valence-electron chi connectivity index (χ3n) is 3.30. The maximum absolute atomic E-state index is 12.4. The van der Waals surface area contributed by atoms with Gasteiger partial charge in [-0.25, -0.2) is 0 Å². The van der Waals surface area contributed by atoms with Crippen molar-refractivity contribution in [2.45, 2.75) is 0 Å². The van der Waals surface area contributed by atoms with Crippen LogP contribution in [0.15, 0.2) is 35.1 Å². The molecule has 5 nitrogen and oxygen atoms in total. The fourth-order valence-corrected chi connectivity index (χ4v) is 2.40. The first-order chi connectivity index (χ1) is 9.24. The molecule has 0 atom stereocenters. The van der Waals surface area contributed by atoms with E-state index in [-0.39, 0.29) is 23.4 Å². The van der Waals surface area contributed by atoms with Gasteiger partial charge in [-0.15, -0.1) is 0 Å². The van der Waals surface area contributed by atoms with Gasteiger partial charge >= 0.3 is 0 Å². The number of H-pyrrole nitrogens is 1. The molecule has 3 aromatic rings. The minimum atomic E-state index is -0.222. The minimum Gasteiger partial charge on any atom is -0.507 e. The number of benzene rings is 2. The zero-order chi connectivity index (χ0) is 13.0. The second kappa shape index (κ2) is 3.41. The van der Waals surface area contributed by atoms with Gasteiger partial charge in [0.15, 0.2) is 11.5 Å². The highest BCUT2D eigenvalue weighted by Gasteiger charge is 2.17. The average Bonchev–Trinajstić information content (AvgIpc) is 2.84. The minimum absolute atomic E-state index is 0.0293. The molecule has 0 fully saturated rings. The molecular weight excluding hydrogens is 246 g/mol. The Labute approximate surface area is 107 Å². The van der Waals surface area contributed by atoms with E-state index in [0.29, 0.717) is 27.9 Å². The molecule has 1 aliphatic rings. The van der Waals surface area contributed by atoms with Crippen LogP contribution in [0.1, 0.15) is 0 Å². The Kier molecular flexibility index (Phi) is 1.84. The standard InChI is InChI=1S/C14H9NO4/c16-10-3-1-2-8-13(10)14(17)7-4-11-12(19-6-18-11)5-9(7)15-8/h1-5,16H,6H2,(H,15,17). The second-order valence-electron chi connectivity index (χ2n) is 4.40. The molecule has 0 saturated heterocycles. The van der Waals surface area contributed by atoms with Crippen molar-refractivity contribution in [2.75, 3.05) is 6.79 Å². The third-order valence-corrected chi connectivity index (χ3v) is 3.30. The van der Waals surface area contributed by atoms with E-state index in [2.05, 4.69) is 4.98 Å². The van der Waals surface area contributed by atoms with E-state index in [1.54, 1.807) is 24.3 Å². The molecule has 19 heavy (non-hydrogen) atoms. The van der Waals surface area contributed by atoms with Gasteiger partial charge in [0, 0.05) is 6.07 Å². The number of aromatic hydroxyl groups is 1. The number of fused-ring (bicyclic) bond motifs is 3. The van der Waals surface area contributed by atoms with Gasteiger partial charge in [-0.1, -0.05) is 6.07 Å². The summed E-state index contributed by atoms with van der Waals surface area (Å²) in [6.07, 6.45) is 0. The molecular formula is C14H9NO4. The Bertz CT molecular complexity index is 882. The number of aromatic amines is 1. The van der Waals surface area contributed by atoms with Crippen LogP contribution in [-0.4, -0.2) is 16.9 Å². The molecule has 0 radical (unpaired) electrons. The molecule has 4 rings (SSSR count). The molecule has 0 spiro atoms. The first-order valence-corrected chi connectivity index (χ1v) is 5.81. The SMILES string of the molecule is O=c1c2cc3c(cc2[nH]c2cccc(O)c12)OCO3. The second-order valence-corrected chi connectivity index (χ2v) is 4.40. The van der Waals surface area contributed by atoms with E-state index in [1.807, 2.05) is 0 Å². The van der Waals surface area contributed by atoms with Crippen molar-refractivity contribution in [3.63, 3.8) is 0 Å². The molecule has 0 unspecified atom stereocenters. The summed E-state index contributed by atoms with van der Waals surface area (Å²) in [5.74, 6) is 1.13. The van der Waals surface area contributed by atoms with Crippen molar-refractivity contribution < 1.29 is 14.6 Å². The van der Waals surface area contributed by atoms with Gasteiger partial charge in [0.05, 0.1) is 21.8 Å². The molecule has 0 amide bonds. The van der Waals surface area contributed by atoms with Gasteiger partial charge in [0.2, 0.25) is 12.2 Å². The van der Waals surface area contributed by atoms with Crippen LogP contribution in [0.4, 0.5) is 0 Å². The Morgan fingerprint density at radius 3 is 2.74 bits per heavy atom. The number of hydrogen-bond donors (Lipinski definition) is 2. The summed E-state index contributed by atoms with van der Waals surface area (Å²) in [5.41, 5.74) is 1.03. The van der Waals surface area contributed by atoms with Crippen LogP contribution in [0, 0.1) is 0 Å². The molecule has 94 valence electrons. The normalized spacial score (nSPS) is 13.3. The fourth-order valence-electron chi connectivity index (χ4n) is 2.40. The molecule has 2 heterocycles. The van der Waals surface area contributed by atoms with E-state index >= 15 is 0 Å². The maximum Gasteiger partial charge on any atom is 0.231 e. The largest absolute Gasteiger partial charge is 0.507 e. The van der Waals surface area contributed by atoms with Gasteiger partial charge in [-0.3, -0.25) is 4.79 Å². The van der Waals surface area contributed by atoms with Gasteiger partial charge in [0.25, 0.3) is 0 Å². The van der Waals surface area contributed by atoms with Crippen LogP contribution >= 0.6 is 0 Å². The van der Waals surface area contributed by atoms with Gasteiger partial charge in [-0.2, -0.15) is 0 Å². The van der Waals surface area contributed by atoms with Crippen LogP contribution < -0.4 is 14.9 Å². The third kappa shape index (κ3) is 1.32. The quantitative estimate of drug-likeness (QED) is 0.603. The average molecular weight is 255 g/mol. The van der Waals surface area contributed by atoms with E-state index in [0.717, 1.165) is 0 Å². The molecule has 1 aromatic heterocycles. The zero-order valence-electron chi connectivity index (χ0n) is 9.77. The lowest BCUT2D eigenvalue weighted by molar-refractivity contribution is 0.174. The number of nitrogens with one attached hydrogen (secondary N) is 1. The van der Waals surface area contributed by atoms with Gasteiger partial charge in [0.1, 0.15) is 5.75 Å². The van der Waals surface area contributed by atoms with Crippen LogP contribution in [0.3, 0.4) is 0 Å². The molecule has 0 bridgehead atoms. The van der Waals surface area contributed by atoms with E-state index in [9.17, 15) is 9.90 Å². The van der Waals surface area contributed by atoms with Crippen LogP contribution in [0.2, 0.25) is 0 Å². The predicted molar refractivity (Wildman–Crippen MR) is 69.9 cm³/mol. The lowest BCUT2D eigenvalue weighted by Gasteiger charge is -2.05. The lowest BCUT2D eigenvalue weighted by atomic mass is 10.1. The van der Waals surface area contributed by atoms with Gasteiger partial charge < -0.3 is 19.6 Å². The number of aromatic nitrogens is 1. The van der Waals surface area contributed by atoms with E-state index in [4.69, 9.17) is 9.47 Å². The number of phenolic OH excluding ortho intramolecular Hbond substituents is 1. The Balaban J connectivity index is 2.23. The maximum atomic E-state index is 12.4. The number of rotatable bonds is 0. The smallest absolute Gasteiger partial charge is 0.231 e. The first-order valence-electron chi connectivity index (χ1n) is 5.81. The summed E-state index contributed by atoms with van der Waals surface area (Å²) in [7, 11) is 0. The van der Waals surface area contributed by atoms with Gasteiger partial charge in [-0.05, 0) is 18.2 Å². The summed E-state index contributed by atoms with van der Waals surface area (Å²) in [6, 6.07) is 8.31. The van der Waals surface area contributed by atoms with Crippen molar-refractivity contribution >= 4 is 21.8 Å². The predicted octanol–water partition coefficient (Wildman–Crippen LogP) is 2.12. The van der Waals surface area contributed by atoms with Crippen molar-refractivity contribution in [1.29, 1.82) is 0 Å². The van der Waals surface area contributed by atoms with Crippen LogP contribution in [-0.2, 0) is 0 Å². The van der Waals surface area contributed by atoms with Crippen molar-refractivity contribution in [2.24, 2.45) is 0 Å². The lowest BCUT2D eigenvalue weighted by Crippen LogP contribution is -2.04. The Hall–Kier alpha value is -2.69. The topological polar surface area (TPSA) is 71.6 Å². The Morgan fingerprint density at radius 2 is 1.89 bits per heavy atom.